The fraction of sp³-hybridized carbons (Fsp3) is 0.286. The zero-order valence-corrected chi connectivity index (χ0v) is 18.2. The Hall–Kier alpha value is -2.38. The van der Waals surface area contributed by atoms with Gasteiger partial charge >= 0.3 is 0 Å². The predicted octanol–water partition coefficient (Wildman–Crippen LogP) is 5.14. The lowest BCUT2D eigenvalue weighted by Gasteiger charge is -2.17. The average Bonchev–Trinajstić information content (AvgIpc) is 3.23. The molecule has 0 aliphatic heterocycles. The van der Waals surface area contributed by atoms with Crippen molar-refractivity contribution in [2.24, 2.45) is 0 Å². The Morgan fingerprint density at radius 1 is 1.07 bits per heavy atom. The summed E-state index contributed by atoms with van der Waals surface area (Å²) in [5.74, 6) is 0.0127. The highest BCUT2D eigenvalue weighted by Crippen LogP contribution is 2.37. The van der Waals surface area contributed by atoms with Gasteiger partial charge in [-0.25, -0.2) is 8.42 Å². The maximum atomic E-state index is 13.5. The molecule has 1 N–H and O–H groups in total. The number of carbonyl (C=O) groups excluding carboxylic acids is 1. The van der Waals surface area contributed by atoms with Gasteiger partial charge in [0.25, 0.3) is 5.91 Å². The van der Waals surface area contributed by atoms with E-state index >= 15 is 0 Å². The van der Waals surface area contributed by atoms with Crippen LogP contribution in [0.5, 0.6) is 0 Å². The van der Waals surface area contributed by atoms with E-state index in [0.717, 1.165) is 11.3 Å². The number of nitrogens with zero attached hydrogens (tertiary/aromatic N) is 1. The van der Waals surface area contributed by atoms with Gasteiger partial charge in [0.2, 0.25) is 9.84 Å². The standard InChI is InChI=1S/C21H24N2O3S2/c1-13(2)23-16(5)15(4)19(20(23)22-21(24)18-7-6-12-27-18)28(25,26)17-10-8-14(3)9-11-17/h6-13H,1-5H3,(H,22,24). The zero-order valence-electron chi connectivity index (χ0n) is 16.6. The van der Waals surface area contributed by atoms with Crippen LogP contribution in [0.2, 0.25) is 0 Å². The number of aromatic nitrogens is 1. The van der Waals surface area contributed by atoms with Crippen molar-refractivity contribution in [1.82, 2.24) is 4.57 Å². The fourth-order valence-electron chi connectivity index (χ4n) is 3.30. The van der Waals surface area contributed by atoms with E-state index in [1.54, 1.807) is 43.3 Å². The van der Waals surface area contributed by atoms with Gasteiger partial charge in [0.1, 0.15) is 10.7 Å². The lowest BCUT2D eigenvalue weighted by atomic mass is 10.2. The van der Waals surface area contributed by atoms with Gasteiger partial charge in [-0.3, -0.25) is 4.79 Å². The Morgan fingerprint density at radius 3 is 2.25 bits per heavy atom. The van der Waals surface area contributed by atoms with Crippen LogP contribution in [0.15, 0.2) is 51.6 Å². The first kappa shape index (κ1) is 20.4. The molecular weight excluding hydrogens is 392 g/mol. The molecule has 2 aromatic heterocycles. The second kappa shape index (κ2) is 7.56. The van der Waals surface area contributed by atoms with Crippen LogP contribution in [0.3, 0.4) is 0 Å². The van der Waals surface area contributed by atoms with Crippen molar-refractivity contribution in [2.75, 3.05) is 5.32 Å². The number of benzene rings is 1. The van der Waals surface area contributed by atoms with Gasteiger partial charge in [-0.1, -0.05) is 23.8 Å². The first-order valence-electron chi connectivity index (χ1n) is 9.02. The Morgan fingerprint density at radius 2 is 1.71 bits per heavy atom. The van der Waals surface area contributed by atoms with Gasteiger partial charge in [-0.05, 0) is 63.8 Å². The normalized spacial score (nSPS) is 11.8. The maximum Gasteiger partial charge on any atom is 0.266 e. The molecule has 28 heavy (non-hydrogen) atoms. The molecule has 0 spiro atoms. The molecule has 3 rings (SSSR count). The summed E-state index contributed by atoms with van der Waals surface area (Å²) in [5.41, 5.74) is 2.45. The molecule has 1 aromatic carbocycles. The SMILES string of the molecule is Cc1ccc(S(=O)(=O)c2c(C)c(C)n(C(C)C)c2NC(=O)c2cccs2)cc1. The van der Waals surface area contributed by atoms with Crippen LogP contribution in [0.1, 0.15) is 46.4 Å². The molecule has 0 aliphatic rings. The highest BCUT2D eigenvalue weighted by Gasteiger charge is 2.31. The number of anilines is 1. The Labute approximate surface area is 169 Å². The molecule has 0 saturated carbocycles. The molecule has 2 heterocycles. The summed E-state index contributed by atoms with van der Waals surface area (Å²) in [5, 5.41) is 4.68. The van der Waals surface area contributed by atoms with Crippen LogP contribution in [-0.2, 0) is 9.84 Å². The van der Waals surface area contributed by atoms with Crippen molar-refractivity contribution in [2.45, 2.75) is 50.5 Å². The summed E-state index contributed by atoms with van der Waals surface area (Å²) in [4.78, 5) is 13.6. The quantitative estimate of drug-likeness (QED) is 0.626. The highest BCUT2D eigenvalue weighted by molar-refractivity contribution is 7.91. The first-order chi connectivity index (χ1) is 13.1. The lowest BCUT2D eigenvalue weighted by Crippen LogP contribution is -2.18. The second-order valence-corrected chi connectivity index (χ2v) is 9.93. The molecule has 0 atom stereocenters. The monoisotopic (exact) mass is 416 g/mol. The smallest absolute Gasteiger partial charge is 0.266 e. The summed E-state index contributed by atoms with van der Waals surface area (Å²) in [6.45, 7) is 9.51. The molecule has 7 heteroatoms. The van der Waals surface area contributed by atoms with E-state index in [0.29, 0.717) is 16.3 Å². The lowest BCUT2D eigenvalue weighted by molar-refractivity contribution is 0.102. The van der Waals surface area contributed by atoms with Crippen molar-refractivity contribution in [3.8, 4) is 0 Å². The van der Waals surface area contributed by atoms with E-state index in [9.17, 15) is 13.2 Å². The topological polar surface area (TPSA) is 68.2 Å². The van der Waals surface area contributed by atoms with Crippen LogP contribution >= 0.6 is 11.3 Å². The summed E-state index contributed by atoms with van der Waals surface area (Å²) < 4.78 is 28.8. The molecule has 0 bridgehead atoms. The molecule has 0 fully saturated rings. The van der Waals surface area contributed by atoms with E-state index in [1.807, 2.05) is 37.6 Å². The van der Waals surface area contributed by atoms with Crippen molar-refractivity contribution in [1.29, 1.82) is 0 Å². The number of hydrogen-bond donors (Lipinski definition) is 1. The van der Waals surface area contributed by atoms with Gasteiger partial charge < -0.3 is 9.88 Å². The molecule has 3 aromatic rings. The number of thiophene rings is 1. The summed E-state index contributed by atoms with van der Waals surface area (Å²) in [7, 11) is -3.80. The van der Waals surface area contributed by atoms with E-state index in [2.05, 4.69) is 5.32 Å². The molecule has 1 amide bonds. The number of sulfone groups is 1. The number of nitrogens with one attached hydrogen (secondary N) is 1. The maximum absolute atomic E-state index is 13.5. The predicted molar refractivity (Wildman–Crippen MR) is 113 cm³/mol. The summed E-state index contributed by atoms with van der Waals surface area (Å²) in [6.07, 6.45) is 0. The van der Waals surface area contributed by atoms with Crippen molar-refractivity contribution in [3.63, 3.8) is 0 Å². The summed E-state index contributed by atoms with van der Waals surface area (Å²) in [6, 6.07) is 10.3. The number of rotatable bonds is 5. The van der Waals surface area contributed by atoms with Gasteiger partial charge in [-0.2, -0.15) is 0 Å². The van der Waals surface area contributed by atoms with E-state index in [-0.39, 0.29) is 21.7 Å². The number of hydrogen-bond acceptors (Lipinski definition) is 4. The van der Waals surface area contributed by atoms with Crippen LogP contribution in [0.25, 0.3) is 0 Å². The van der Waals surface area contributed by atoms with Crippen molar-refractivity contribution in [3.05, 3.63) is 63.5 Å². The summed E-state index contributed by atoms with van der Waals surface area (Å²) >= 11 is 1.32. The molecule has 0 aliphatic carbocycles. The molecular formula is C21H24N2O3S2. The van der Waals surface area contributed by atoms with E-state index in [4.69, 9.17) is 0 Å². The Balaban J connectivity index is 2.21. The molecule has 5 nitrogen and oxygen atoms in total. The fourth-order valence-corrected chi connectivity index (χ4v) is 5.61. The van der Waals surface area contributed by atoms with Crippen LogP contribution in [-0.4, -0.2) is 18.9 Å². The molecule has 0 unspecified atom stereocenters. The van der Waals surface area contributed by atoms with Gasteiger partial charge in [0, 0.05) is 11.7 Å². The minimum Gasteiger partial charge on any atom is -0.328 e. The van der Waals surface area contributed by atoms with Gasteiger partial charge in [-0.15, -0.1) is 11.3 Å². The van der Waals surface area contributed by atoms with Crippen molar-refractivity contribution >= 4 is 32.9 Å². The van der Waals surface area contributed by atoms with Gasteiger partial charge in [0.15, 0.2) is 0 Å². The largest absolute Gasteiger partial charge is 0.328 e. The molecule has 0 saturated heterocycles. The molecule has 148 valence electrons. The number of aryl methyl sites for hydroxylation is 1. The van der Waals surface area contributed by atoms with E-state index in [1.165, 1.54) is 11.3 Å². The third-order valence-electron chi connectivity index (χ3n) is 4.79. The third kappa shape index (κ3) is 3.52. The second-order valence-electron chi connectivity index (χ2n) is 7.10. The minimum atomic E-state index is -3.80. The van der Waals surface area contributed by atoms with Crippen LogP contribution in [0, 0.1) is 20.8 Å². The van der Waals surface area contributed by atoms with Crippen molar-refractivity contribution < 1.29 is 13.2 Å². The van der Waals surface area contributed by atoms with Crippen LogP contribution < -0.4 is 5.32 Å². The minimum absolute atomic E-state index is 0.0145. The Bertz CT molecular complexity index is 1110. The average molecular weight is 417 g/mol. The number of amides is 1. The van der Waals surface area contributed by atoms with E-state index < -0.39 is 9.84 Å². The van der Waals surface area contributed by atoms with Crippen LogP contribution in [0.4, 0.5) is 5.82 Å². The third-order valence-corrected chi connectivity index (χ3v) is 7.59. The first-order valence-corrected chi connectivity index (χ1v) is 11.4. The highest BCUT2D eigenvalue weighted by atomic mass is 32.2. The van der Waals surface area contributed by atoms with Gasteiger partial charge in [0.05, 0.1) is 9.77 Å². The number of carbonyl (C=O) groups is 1. The molecule has 0 radical (unpaired) electrons. The Kier molecular flexibility index (Phi) is 5.50. The zero-order chi connectivity index (χ0) is 20.6.